The number of phenolic OH excluding ortho intramolecular Hbond substituents is 1. The number of fused-ring (bicyclic) bond motifs is 1. The van der Waals surface area contributed by atoms with Gasteiger partial charge in [-0.05, 0) is 29.2 Å². The van der Waals surface area contributed by atoms with Gasteiger partial charge in [0.25, 0.3) is 0 Å². The van der Waals surface area contributed by atoms with E-state index in [-0.39, 0.29) is 18.0 Å². The molecule has 1 heterocycles. The Morgan fingerprint density at radius 3 is 2.52 bits per heavy atom. The Kier molecular flexibility index (Phi) is 3.94. The molecule has 3 rings (SSSR count). The lowest BCUT2D eigenvalue weighted by Gasteiger charge is -2.19. The van der Waals surface area contributed by atoms with Crippen molar-refractivity contribution < 1.29 is 14.6 Å². The molecule has 23 heavy (non-hydrogen) atoms. The minimum absolute atomic E-state index is 0.0195. The minimum atomic E-state index is -0.0195. The third-order valence-electron chi connectivity index (χ3n) is 3.68. The maximum Gasteiger partial charge on any atom is 0.231 e. The van der Waals surface area contributed by atoms with Gasteiger partial charge in [-0.3, -0.25) is 4.99 Å². The molecular formula is C18H18ClNO3. The van der Waals surface area contributed by atoms with E-state index in [1.807, 2.05) is 12.1 Å². The van der Waals surface area contributed by atoms with Gasteiger partial charge in [-0.25, -0.2) is 0 Å². The summed E-state index contributed by atoms with van der Waals surface area (Å²) in [5, 5.41) is 10.5. The van der Waals surface area contributed by atoms with Crippen molar-refractivity contribution >= 4 is 23.5 Å². The fourth-order valence-corrected chi connectivity index (χ4v) is 2.47. The van der Waals surface area contributed by atoms with Crippen LogP contribution in [0.5, 0.6) is 17.2 Å². The molecule has 0 amide bonds. The van der Waals surface area contributed by atoms with E-state index in [1.165, 1.54) is 0 Å². The lowest BCUT2D eigenvalue weighted by Crippen LogP contribution is -2.10. The molecule has 0 aromatic heterocycles. The average Bonchev–Trinajstić information content (AvgIpc) is 2.92. The zero-order valence-corrected chi connectivity index (χ0v) is 14.0. The van der Waals surface area contributed by atoms with E-state index in [4.69, 9.17) is 21.1 Å². The van der Waals surface area contributed by atoms with Crippen molar-refractivity contribution in [2.45, 2.75) is 26.2 Å². The third-order valence-corrected chi connectivity index (χ3v) is 4.00. The maximum absolute atomic E-state index is 10.0. The highest BCUT2D eigenvalue weighted by Crippen LogP contribution is 2.37. The number of benzene rings is 2. The summed E-state index contributed by atoms with van der Waals surface area (Å²) in [5.74, 6) is 1.40. The van der Waals surface area contributed by atoms with Crippen LogP contribution in [0, 0.1) is 0 Å². The van der Waals surface area contributed by atoms with Gasteiger partial charge in [0.15, 0.2) is 11.5 Å². The van der Waals surface area contributed by atoms with Crippen LogP contribution in [-0.2, 0) is 5.41 Å². The van der Waals surface area contributed by atoms with E-state index in [0.29, 0.717) is 27.8 Å². The summed E-state index contributed by atoms with van der Waals surface area (Å²) in [4.78, 5) is 4.38. The first-order chi connectivity index (χ1) is 10.8. The maximum atomic E-state index is 10.0. The lowest BCUT2D eigenvalue weighted by molar-refractivity contribution is 0.174. The first kappa shape index (κ1) is 15.7. The van der Waals surface area contributed by atoms with Gasteiger partial charge < -0.3 is 14.6 Å². The van der Waals surface area contributed by atoms with E-state index in [2.05, 4.69) is 25.8 Å². The Labute approximate surface area is 140 Å². The van der Waals surface area contributed by atoms with Crippen LogP contribution in [0.1, 0.15) is 31.9 Å². The number of aliphatic imine (C=N–C) groups is 1. The number of nitrogens with zero attached hydrogens (tertiary/aromatic N) is 1. The standard InChI is InChI=1S/C18H18ClNO3/c1-18(2,3)12-4-5-15(21)14(7-12)20-9-11-6-16-17(8-13(11)19)23-10-22-16/h4-9,21H,10H2,1-3H3. The highest BCUT2D eigenvalue weighted by molar-refractivity contribution is 6.33. The molecule has 0 saturated carbocycles. The van der Waals surface area contributed by atoms with Gasteiger partial charge in [0.05, 0.1) is 5.02 Å². The number of ether oxygens (including phenoxy) is 2. The molecule has 0 unspecified atom stereocenters. The average molecular weight is 332 g/mol. The highest BCUT2D eigenvalue weighted by Gasteiger charge is 2.17. The van der Waals surface area contributed by atoms with E-state index in [0.717, 1.165) is 5.56 Å². The van der Waals surface area contributed by atoms with Crippen LogP contribution < -0.4 is 9.47 Å². The van der Waals surface area contributed by atoms with E-state index < -0.39 is 0 Å². The Hall–Kier alpha value is -2.20. The Morgan fingerprint density at radius 2 is 1.83 bits per heavy atom. The zero-order valence-electron chi connectivity index (χ0n) is 13.3. The van der Waals surface area contributed by atoms with Crippen molar-refractivity contribution in [1.29, 1.82) is 0 Å². The molecule has 2 aromatic rings. The topological polar surface area (TPSA) is 51.1 Å². The molecule has 0 radical (unpaired) electrons. The summed E-state index contributed by atoms with van der Waals surface area (Å²) in [6, 6.07) is 8.93. The first-order valence-corrected chi connectivity index (χ1v) is 7.69. The fraction of sp³-hybridized carbons (Fsp3) is 0.278. The van der Waals surface area contributed by atoms with Gasteiger partial charge in [-0.15, -0.1) is 0 Å². The number of phenols is 1. The molecule has 1 aliphatic heterocycles. The van der Waals surface area contributed by atoms with Gasteiger partial charge in [0.2, 0.25) is 6.79 Å². The van der Waals surface area contributed by atoms with Gasteiger partial charge in [-0.2, -0.15) is 0 Å². The number of rotatable bonds is 2. The van der Waals surface area contributed by atoms with Gasteiger partial charge in [0, 0.05) is 17.8 Å². The molecule has 120 valence electrons. The number of hydrogen-bond acceptors (Lipinski definition) is 4. The predicted molar refractivity (Wildman–Crippen MR) is 91.6 cm³/mol. The summed E-state index contributed by atoms with van der Waals surface area (Å²) < 4.78 is 10.6. The number of halogens is 1. The van der Waals surface area contributed by atoms with Crippen molar-refractivity contribution in [2.75, 3.05) is 6.79 Å². The molecule has 1 N–H and O–H groups in total. The molecule has 2 aromatic carbocycles. The molecule has 0 atom stereocenters. The molecule has 0 bridgehead atoms. The molecular weight excluding hydrogens is 314 g/mol. The van der Waals surface area contributed by atoms with E-state index in [9.17, 15) is 5.11 Å². The van der Waals surface area contributed by atoms with Gasteiger partial charge in [0.1, 0.15) is 11.4 Å². The second-order valence-corrected chi connectivity index (χ2v) is 6.85. The summed E-state index contributed by atoms with van der Waals surface area (Å²) in [7, 11) is 0. The fourth-order valence-electron chi connectivity index (χ4n) is 2.26. The van der Waals surface area contributed by atoms with Crippen LogP contribution in [0.2, 0.25) is 5.02 Å². The molecule has 0 fully saturated rings. The summed E-state index contributed by atoms with van der Waals surface area (Å²) in [6.07, 6.45) is 1.62. The zero-order chi connectivity index (χ0) is 16.6. The summed E-state index contributed by atoms with van der Waals surface area (Å²) in [6.45, 7) is 6.53. The van der Waals surface area contributed by atoms with Crippen molar-refractivity contribution in [2.24, 2.45) is 4.99 Å². The van der Waals surface area contributed by atoms with Crippen LogP contribution >= 0.6 is 11.6 Å². The second-order valence-electron chi connectivity index (χ2n) is 6.44. The first-order valence-electron chi connectivity index (χ1n) is 7.31. The Bertz CT molecular complexity index is 779. The molecule has 0 spiro atoms. The van der Waals surface area contributed by atoms with Crippen LogP contribution in [0.25, 0.3) is 0 Å². The molecule has 5 heteroatoms. The smallest absolute Gasteiger partial charge is 0.231 e. The van der Waals surface area contributed by atoms with Crippen LogP contribution in [0.3, 0.4) is 0 Å². The Balaban J connectivity index is 1.94. The SMILES string of the molecule is CC(C)(C)c1ccc(O)c(N=Cc2cc3c(cc2Cl)OCO3)c1. The van der Waals surface area contributed by atoms with Gasteiger partial charge in [-0.1, -0.05) is 38.4 Å². The monoisotopic (exact) mass is 331 g/mol. The van der Waals surface area contributed by atoms with E-state index in [1.54, 1.807) is 24.4 Å². The minimum Gasteiger partial charge on any atom is -0.506 e. The van der Waals surface area contributed by atoms with Crippen LogP contribution in [-0.4, -0.2) is 18.1 Å². The summed E-state index contributed by atoms with van der Waals surface area (Å²) in [5.41, 5.74) is 2.29. The van der Waals surface area contributed by atoms with Gasteiger partial charge >= 0.3 is 0 Å². The predicted octanol–water partition coefficient (Wildman–Crippen LogP) is 4.82. The molecule has 4 nitrogen and oxygen atoms in total. The van der Waals surface area contributed by atoms with Crippen molar-refractivity contribution in [3.05, 3.63) is 46.5 Å². The molecule has 0 saturated heterocycles. The van der Waals surface area contributed by atoms with Crippen molar-refractivity contribution in [3.8, 4) is 17.2 Å². The van der Waals surface area contributed by atoms with E-state index >= 15 is 0 Å². The molecule has 1 aliphatic rings. The number of aromatic hydroxyl groups is 1. The van der Waals surface area contributed by atoms with Crippen molar-refractivity contribution in [1.82, 2.24) is 0 Å². The van der Waals surface area contributed by atoms with Crippen molar-refractivity contribution in [3.63, 3.8) is 0 Å². The third kappa shape index (κ3) is 3.27. The largest absolute Gasteiger partial charge is 0.506 e. The second kappa shape index (κ2) is 5.78. The lowest BCUT2D eigenvalue weighted by atomic mass is 9.87. The van der Waals surface area contributed by atoms with Crippen LogP contribution in [0.15, 0.2) is 35.3 Å². The number of hydrogen-bond donors (Lipinski definition) is 1. The normalized spacial score (nSPS) is 13.7. The Morgan fingerprint density at radius 1 is 1.13 bits per heavy atom. The quantitative estimate of drug-likeness (QED) is 0.802. The summed E-state index contributed by atoms with van der Waals surface area (Å²) >= 11 is 6.23. The highest BCUT2D eigenvalue weighted by atomic mass is 35.5. The van der Waals surface area contributed by atoms with Crippen LogP contribution in [0.4, 0.5) is 5.69 Å². The molecule has 0 aliphatic carbocycles.